The molecular weight excluding hydrogens is 652 g/mol. The van der Waals surface area contributed by atoms with Gasteiger partial charge in [0.15, 0.2) is 29.2 Å². The van der Waals surface area contributed by atoms with Gasteiger partial charge in [-0.05, 0) is 64.4 Å². The van der Waals surface area contributed by atoms with Crippen molar-refractivity contribution in [1.82, 2.24) is 4.98 Å². The van der Waals surface area contributed by atoms with Crippen molar-refractivity contribution < 1.29 is 29.6 Å². The predicted molar refractivity (Wildman–Crippen MR) is 202 cm³/mol. The first kappa shape index (κ1) is 34.7. The average Bonchev–Trinajstić information content (AvgIpc) is 3.89. The van der Waals surface area contributed by atoms with Gasteiger partial charge in [-0.25, -0.2) is 0 Å². The number of fused-ring (bicyclic) bond motifs is 2. The van der Waals surface area contributed by atoms with Gasteiger partial charge in [-0.2, -0.15) is 12.4 Å². The van der Waals surface area contributed by atoms with Crippen molar-refractivity contribution in [2.24, 2.45) is 16.8 Å². The van der Waals surface area contributed by atoms with Crippen LogP contribution in [0, 0.1) is 18.4 Å². The highest BCUT2D eigenvalue weighted by molar-refractivity contribution is 5.88. The Kier molecular flexibility index (Phi) is 10.2. The number of aliphatic hydroxyl groups is 1. The van der Waals surface area contributed by atoms with Gasteiger partial charge < -0.3 is 29.8 Å². The molecule has 0 spiro atoms. The monoisotopic (exact) mass is 694 g/mol. The molecule has 3 N–H and O–H groups in total. The summed E-state index contributed by atoms with van der Waals surface area (Å²) in [5, 5.41) is 35.7. The summed E-state index contributed by atoms with van der Waals surface area (Å²) in [5.41, 5.74) is 5.61. The molecule has 2 heterocycles. The molecule has 1 aliphatic heterocycles. The van der Waals surface area contributed by atoms with Crippen molar-refractivity contribution in [2.75, 3.05) is 14.2 Å². The Balaban J connectivity index is 1.24. The third-order valence-electron chi connectivity index (χ3n) is 10.5. The molecule has 1 aliphatic carbocycles. The van der Waals surface area contributed by atoms with Crippen LogP contribution in [0.25, 0.3) is 10.8 Å². The van der Waals surface area contributed by atoms with Gasteiger partial charge in [0.25, 0.3) is 0 Å². The molecule has 8 nitrogen and oxygen atoms in total. The molecule has 0 bridgehead atoms. The van der Waals surface area contributed by atoms with Gasteiger partial charge >= 0.3 is 0 Å². The molecule has 264 valence electrons. The summed E-state index contributed by atoms with van der Waals surface area (Å²) in [6.45, 7) is 1.71. The fourth-order valence-electron chi connectivity index (χ4n) is 7.91. The normalized spacial score (nSPS) is 17.9. The summed E-state index contributed by atoms with van der Waals surface area (Å²) in [6.07, 6.45) is 11.8. The lowest BCUT2D eigenvalue weighted by Crippen LogP contribution is -2.33. The minimum Gasteiger partial charge on any atom is -0.670 e. The van der Waals surface area contributed by atoms with Crippen LogP contribution in [0.2, 0.25) is 0 Å². The largest absolute Gasteiger partial charge is 0.670 e. The summed E-state index contributed by atoms with van der Waals surface area (Å²) in [6, 6.07) is 25.1. The Morgan fingerprint density at radius 2 is 1.71 bits per heavy atom. The number of aliphatic hydroxyl groups excluding tert-OH is 1. The van der Waals surface area contributed by atoms with Crippen LogP contribution >= 0.6 is 0 Å². The minimum absolute atomic E-state index is 0.0306. The molecule has 0 fully saturated rings. The topological polar surface area (TPSA) is 123 Å². The van der Waals surface area contributed by atoms with Gasteiger partial charge in [0, 0.05) is 36.2 Å². The van der Waals surface area contributed by atoms with Crippen LogP contribution < -0.4 is 14.5 Å². The number of aliphatic imine (C=N–C) groups is 1. The van der Waals surface area contributed by atoms with Gasteiger partial charge in [-0.15, -0.1) is 4.99 Å². The van der Waals surface area contributed by atoms with E-state index in [4.69, 9.17) is 9.47 Å². The summed E-state index contributed by atoms with van der Waals surface area (Å²) >= 11 is 0. The molecule has 8 heteroatoms. The molecule has 0 radical (unpaired) electrons. The Morgan fingerprint density at radius 3 is 2.48 bits per heavy atom. The highest BCUT2D eigenvalue weighted by Crippen LogP contribution is 2.50. The van der Waals surface area contributed by atoms with Gasteiger partial charge in [0.2, 0.25) is 0 Å². The van der Waals surface area contributed by atoms with Crippen molar-refractivity contribution in [3.63, 3.8) is 0 Å². The first-order valence-electron chi connectivity index (χ1n) is 17.6. The van der Waals surface area contributed by atoms with Crippen LogP contribution in [-0.2, 0) is 17.6 Å². The maximum atomic E-state index is 14.3. The highest BCUT2D eigenvalue weighted by atomic mass is 16.5. The number of Topliss-reactive ketones (excluding diaryl/α,β-unsaturated/α-hetero) is 1. The maximum absolute atomic E-state index is 14.3. The first-order chi connectivity index (χ1) is 25.3. The molecule has 2 aliphatic rings. The van der Waals surface area contributed by atoms with Crippen molar-refractivity contribution in [2.45, 2.75) is 43.6 Å². The molecule has 0 saturated carbocycles. The van der Waals surface area contributed by atoms with Gasteiger partial charge in [0.1, 0.15) is 17.9 Å². The second kappa shape index (κ2) is 15.3. The number of aromatic hydroxyl groups is 2. The van der Waals surface area contributed by atoms with Crippen LogP contribution in [0.4, 0.5) is 0 Å². The van der Waals surface area contributed by atoms with Crippen LogP contribution in [-0.4, -0.2) is 47.6 Å². The fourth-order valence-corrected chi connectivity index (χ4v) is 7.91. The summed E-state index contributed by atoms with van der Waals surface area (Å²) in [4.78, 5) is 22.8. The lowest BCUT2D eigenvalue weighted by atomic mass is 9.69. The second-order valence-electron chi connectivity index (χ2n) is 13.6. The number of phenols is 2. The minimum atomic E-state index is -1.01. The summed E-state index contributed by atoms with van der Waals surface area (Å²) < 4.78 is 11.2. The number of ether oxygens (including phenoxy) is 2. The summed E-state index contributed by atoms with van der Waals surface area (Å²) in [7, 11) is 3.06. The second-order valence-corrected chi connectivity index (χ2v) is 13.6. The number of benzene rings is 4. The number of rotatable bonds is 14. The molecule has 52 heavy (non-hydrogen) atoms. The number of phenolic OH excluding ortho intramolecular Hbond substituents is 2. The van der Waals surface area contributed by atoms with E-state index < -0.39 is 17.9 Å². The van der Waals surface area contributed by atoms with E-state index in [1.54, 1.807) is 56.5 Å². The fraction of sp³-hybridized carbons (Fsp3) is 0.250. The number of carbonyl (C=O) groups excluding carboxylic acids is 1. The van der Waals surface area contributed by atoms with Crippen molar-refractivity contribution in [3.8, 4) is 23.0 Å². The van der Waals surface area contributed by atoms with E-state index in [-0.39, 0.29) is 35.5 Å². The molecule has 7 rings (SSSR count). The van der Waals surface area contributed by atoms with E-state index >= 15 is 0 Å². The molecular formula is C44H42N2O6. The standard InChI is InChI=1S/C44H42N2O6/c1-51-42-23-27(10-14-38(42)47)20-31(21-28-16-18-45-25-28)40(49)24-41(50)37(22-29-17-19-46-26-29)34-11-12-35(43-36(34)13-15-39(48)44(43)52-2)33-9-5-7-30-6-3-4-8-32(30)33/h3-19,23,25-26,31,34-35,37,41,47-48,50H,20-22,24H2,1-2H3/t31-,34-,35+,37+,41+/m0/s1. The smallest absolute Gasteiger partial charge is 0.176 e. The Bertz CT molecular complexity index is 2140. The van der Waals surface area contributed by atoms with E-state index in [2.05, 4.69) is 46.4 Å². The Labute approximate surface area is 303 Å². The number of carbonyl (C=O) groups is 1. The Morgan fingerprint density at radius 1 is 0.885 bits per heavy atom. The third-order valence-corrected chi connectivity index (χ3v) is 10.5. The third kappa shape index (κ3) is 7.07. The highest BCUT2D eigenvalue weighted by Gasteiger charge is 2.38. The lowest BCUT2D eigenvalue weighted by Gasteiger charge is -2.36. The van der Waals surface area contributed by atoms with Gasteiger partial charge in [0.05, 0.1) is 26.4 Å². The van der Waals surface area contributed by atoms with Gasteiger partial charge in [-0.1, -0.05) is 78.4 Å². The molecule has 5 aromatic rings. The molecule has 5 atom stereocenters. The average molecular weight is 695 g/mol. The van der Waals surface area contributed by atoms with Crippen molar-refractivity contribution in [1.29, 1.82) is 0 Å². The number of hydrogen-bond acceptors (Lipinski definition) is 7. The van der Waals surface area contributed by atoms with E-state index in [1.807, 2.05) is 36.4 Å². The van der Waals surface area contributed by atoms with Crippen LogP contribution in [0.15, 0.2) is 120 Å². The molecule has 0 amide bonds. The zero-order valence-electron chi connectivity index (χ0n) is 29.2. The van der Waals surface area contributed by atoms with E-state index in [0.717, 1.165) is 44.2 Å². The molecule has 1 aromatic heterocycles. The number of methoxy groups -OCH3 is 2. The number of ketones is 1. The molecule has 0 unspecified atom stereocenters. The van der Waals surface area contributed by atoms with Crippen LogP contribution in [0.3, 0.4) is 0 Å². The number of aromatic nitrogens is 1. The van der Waals surface area contributed by atoms with Crippen LogP contribution in [0.5, 0.6) is 23.0 Å². The number of nitrogens with zero attached hydrogens (tertiary/aromatic N) is 2. The zero-order valence-corrected chi connectivity index (χ0v) is 29.2. The SMILES string of the molecule is COc1cc(C[C@@H](CC2=C[CH+]N=C2)C(=O)C[C@@H](O)[C@H](Cc2cc[n-]c2)[C@H]2C=C[C@H](c3cccc4ccccc34)c3c2ccc(O)c3OC)ccc1O. The number of allylic oxidation sites excluding steroid dienone is 3. The number of hydrogen-bond donors (Lipinski definition) is 3. The quantitative estimate of drug-likeness (QED) is 0.0808. The van der Waals surface area contributed by atoms with Crippen LogP contribution in [0.1, 0.15) is 52.5 Å². The van der Waals surface area contributed by atoms with Gasteiger partial charge in [-0.3, -0.25) is 4.79 Å². The van der Waals surface area contributed by atoms with E-state index in [1.165, 1.54) is 7.11 Å². The summed E-state index contributed by atoms with van der Waals surface area (Å²) in [5.74, 6) is -0.617. The Hall–Kier alpha value is -5.73. The van der Waals surface area contributed by atoms with Crippen molar-refractivity contribution >= 4 is 22.8 Å². The maximum Gasteiger partial charge on any atom is 0.176 e. The van der Waals surface area contributed by atoms with Crippen molar-refractivity contribution in [3.05, 3.63) is 149 Å². The predicted octanol–water partition coefficient (Wildman–Crippen LogP) is 7.61. The van der Waals surface area contributed by atoms with E-state index in [0.29, 0.717) is 30.8 Å². The molecule has 0 saturated heterocycles. The van der Waals surface area contributed by atoms with E-state index in [9.17, 15) is 20.1 Å². The zero-order chi connectivity index (χ0) is 36.2. The first-order valence-corrected chi connectivity index (χ1v) is 17.6. The molecule has 4 aromatic carbocycles. The lowest BCUT2D eigenvalue weighted by molar-refractivity contribution is -0.125.